The number of hydrogen-bond donors (Lipinski definition) is 0. The first-order valence-electron chi connectivity index (χ1n) is 6.02. The Morgan fingerprint density at radius 3 is 2.72 bits per heavy atom. The molecule has 18 heavy (non-hydrogen) atoms. The van der Waals surface area contributed by atoms with Crippen LogP contribution < -0.4 is 0 Å². The fourth-order valence-corrected chi connectivity index (χ4v) is 2.17. The predicted octanol–water partition coefficient (Wildman–Crippen LogP) is 0.117. The number of likely N-dealkylation sites (N-methyl/N-ethyl adjacent to an activating group) is 1. The lowest BCUT2D eigenvalue weighted by Crippen LogP contribution is -2.47. The topological polar surface area (TPSA) is 53.7 Å². The van der Waals surface area contributed by atoms with E-state index in [1.54, 1.807) is 29.0 Å². The first-order valence-corrected chi connectivity index (χ1v) is 6.02. The van der Waals surface area contributed by atoms with Crippen LogP contribution in [0.25, 0.3) is 5.65 Å². The monoisotopic (exact) mass is 245 g/mol. The summed E-state index contributed by atoms with van der Waals surface area (Å²) in [7, 11) is 2.07. The van der Waals surface area contributed by atoms with Crippen molar-refractivity contribution in [1.82, 2.24) is 24.4 Å². The molecule has 0 atom stereocenters. The average Bonchev–Trinajstić information content (AvgIpc) is 2.87. The fourth-order valence-electron chi connectivity index (χ4n) is 2.17. The molecule has 0 radical (unpaired) electrons. The molecule has 1 saturated heterocycles. The van der Waals surface area contributed by atoms with E-state index in [0.717, 1.165) is 26.2 Å². The molecule has 2 aromatic rings. The molecule has 3 heterocycles. The van der Waals surface area contributed by atoms with E-state index in [-0.39, 0.29) is 5.91 Å². The highest BCUT2D eigenvalue weighted by molar-refractivity contribution is 5.93. The van der Waals surface area contributed by atoms with Crippen molar-refractivity contribution in [2.75, 3.05) is 33.2 Å². The van der Waals surface area contributed by atoms with E-state index < -0.39 is 0 Å². The number of hydrogen-bond acceptors (Lipinski definition) is 4. The molecule has 0 spiro atoms. The van der Waals surface area contributed by atoms with Gasteiger partial charge in [-0.2, -0.15) is 5.10 Å². The van der Waals surface area contributed by atoms with Crippen LogP contribution in [0.4, 0.5) is 0 Å². The Balaban J connectivity index is 1.90. The van der Waals surface area contributed by atoms with Crippen LogP contribution in [-0.4, -0.2) is 63.5 Å². The predicted molar refractivity (Wildman–Crippen MR) is 66.4 cm³/mol. The second-order valence-corrected chi connectivity index (χ2v) is 4.53. The number of fused-ring (bicyclic) bond motifs is 1. The molecule has 0 bridgehead atoms. The lowest BCUT2D eigenvalue weighted by Gasteiger charge is -2.32. The van der Waals surface area contributed by atoms with Crippen LogP contribution in [0.5, 0.6) is 0 Å². The summed E-state index contributed by atoms with van der Waals surface area (Å²) in [6, 6.07) is 3.52. The standard InChI is InChI=1S/C12H15N5O/c1-15-6-8-16(9-7-15)12(18)10-2-4-13-11-3-5-14-17(10)11/h2-5H,6-9H2,1H3. The van der Waals surface area contributed by atoms with Gasteiger partial charge in [-0.25, -0.2) is 9.50 Å². The molecule has 1 amide bonds. The number of nitrogens with zero attached hydrogens (tertiary/aromatic N) is 5. The fraction of sp³-hybridized carbons (Fsp3) is 0.417. The van der Waals surface area contributed by atoms with Crippen LogP contribution in [0.3, 0.4) is 0 Å². The zero-order valence-electron chi connectivity index (χ0n) is 10.3. The quantitative estimate of drug-likeness (QED) is 0.716. The van der Waals surface area contributed by atoms with Gasteiger partial charge in [0.1, 0.15) is 5.69 Å². The second-order valence-electron chi connectivity index (χ2n) is 4.53. The van der Waals surface area contributed by atoms with Crippen LogP contribution in [0.1, 0.15) is 10.5 Å². The Morgan fingerprint density at radius 1 is 1.17 bits per heavy atom. The zero-order chi connectivity index (χ0) is 12.5. The molecule has 0 aliphatic carbocycles. The smallest absolute Gasteiger partial charge is 0.272 e. The van der Waals surface area contributed by atoms with Crippen molar-refractivity contribution in [3.8, 4) is 0 Å². The van der Waals surface area contributed by atoms with Gasteiger partial charge in [0.15, 0.2) is 5.65 Å². The number of rotatable bonds is 1. The molecule has 94 valence electrons. The summed E-state index contributed by atoms with van der Waals surface area (Å²) in [6.07, 6.45) is 3.31. The minimum absolute atomic E-state index is 0.0270. The van der Waals surface area contributed by atoms with Crippen molar-refractivity contribution >= 4 is 11.6 Å². The molecular formula is C12H15N5O. The normalized spacial score (nSPS) is 17.3. The first-order chi connectivity index (χ1) is 8.75. The van der Waals surface area contributed by atoms with E-state index in [1.165, 1.54) is 0 Å². The van der Waals surface area contributed by atoms with Crippen LogP contribution in [0.2, 0.25) is 0 Å². The summed E-state index contributed by atoms with van der Waals surface area (Å²) in [5, 5.41) is 4.15. The van der Waals surface area contributed by atoms with Gasteiger partial charge in [0, 0.05) is 38.4 Å². The number of carbonyl (C=O) groups excluding carboxylic acids is 1. The van der Waals surface area contributed by atoms with Gasteiger partial charge in [0.05, 0.1) is 6.20 Å². The van der Waals surface area contributed by atoms with E-state index in [4.69, 9.17) is 0 Å². The number of piperazine rings is 1. The Labute approximate surface area is 105 Å². The van der Waals surface area contributed by atoms with Crippen molar-refractivity contribution in [1.29, 1.82) is 0 Å². The van der Waals surface area contributed by atoms with Crippen molar-refractivity contribution in [3.05, 3.63) is 30.2 Å². The third kappa shape index (κ3) is 1.84. The molecule has 3 rings (SSSR count). The van der Waals surface area contributed by atoms with Crippen molar-refractivity contribution in [2.24, 2.45) is 0 Å². The zero-order valence-corrected chi connectivity index (χ0v) is 10.3. The summed E-state index contributed by atoms with van der Waals surface area (Å²) >= 11 is 0. The molecular weight excluding hydrogens is 230 g/mol. The van der Waals surface area contributed by atoms with Gasteiger partial charge in [-0.3, -0.25) is 4.79 Å². The molecule has 0 unspecified atom stereocenters. The van der Waals surface area contributed by atoms with E-state index in [9.17, 15) is 4.79 Å². The van der Waals surface area contributed by atoms with Gasteiger partial charge in [-0.1, -0.05) is 0 Å². The van der Waals surface area contributed by atoms with Gasteiger partial charge >= 0.3 is 0 Å². The van der Waals surface area contributed by atoms with Crippen LogP contribution in [-0.2, 0) is 0 Å². The van der Waals surface area contributed by atoms with E-state index in [0.29, 0.717) is 11.3 Å². The van der Waals surface area contributed by atoms with Gasteiger partial charge in [-0.05, 0) is 13.1 Å². The highest BCUT2D eigenvalue weighted by Crippen LogP contribution is 2.09. The minimum Gasteiger partial charge on any atom is -0.335 e. The minimum atomic E-state index is 0.0270. The van der Waals surface area contributed by atoms with Crippen molar-refractivity contribution in [2.45, 2.75) is 0 Å². The summed E-state index contributed by atoms with van der Waals surface area (Å²) in [6.45, 7) is 3.36. The van der Waals surface area contributed by atoms with Crippen LogP contribution in [0, 0.1) is 0 Å². The van der Waals surface area contributed by atoms with Gasteiger partial charge in [-0.15, -0.1) is 0 Å². The Kier molecular flexibility index (Phi) is 2.71. The van der Waals surface area contributed by atoms with Gasteiger partial charge in [0.25, 0.3) is 5.91 Å². The van der Waals surface area contributed by atoms with Gasteiger partial charge < -0.3 is 9.80 Å². The maximum absolute atomic E-state index is 12.4. The number of carbonyl (C=O) groups is 1. The average molecular weight is 245 g/mol. The van der Waals surface area contributed by atoms with E-state index in [2.05, 4.69) is 22.0 Å². The second kappa shape index (κ2) is 4.38. The highest BCUT2D eigenvalue weighted by Gasteiger charge is 2.22. The lowest BCUT2D eigenvalue weighted by atomic mass is 10.3. The third-order valence-corrected chi connectivity index (χ3v) is 3.30. The molecule has 6 nitrogen and oxygen atoms in total. The van der Waals surface area contributed by atoms with Gasteiger partial charge in [0.2, 0.25) is 0 Å². The highest BCUT2D eigenvalue weighted by atomic mass is 16.2. The molecule has 0 N–H and O–H groups in total. The third-order valence-electron chi connectivity index (χ3n) is 3.30. The van der Waals surface area contributed by atoms with Crippen LogP contribution >= 0.6 is 0 Å². The molecule has 0 aromatic carbocycles. The number of amides is 1. The maximum atomic E-state index is 12.4. The Morgan fingerprint density at radius 2 is 1.94 bits per heavy atom. The molecule has 0 saturated carbocycles. The molecule has 2 aromatic heterocycles. The summed E-state index contributed by atoms with van der Waals surface area (Å²) in [5.74, 6) is 0.0270. The van der Waals surface area contributed by atoms with Crippen molar-refractivity contribution in [3.63, 3.8) is 0 Å². The molecule has 1 aliphatic heterocycles. The van der Waals surface area contributed by atoms with E-state index in [1.807, 2.05) is 4.90 Å². The summed E-state index contributed by atoms with van der Waals surface area (Å²) in [5.41, 5.74) is 1.28. The Hall–Kier alpha value is -1.95. The Bertz CT molecular complexity index is 571. The number of aromatic nitrogens is 3. The molecule has 1 fully saturated rings. The summed E-state index contributed by atoms with van der Waals surface area (Å²) in [4.78, 5) is 20.7. The van der Waals surface area contributed by atoms with Crippen molar-refractivity contribution < 1.29 is 4.79 Å². The maximum Gasteiger partial charge on any atom is 0.272 e. The summed E-state index contributed by atoms with van der Waals surface area (Å²) < 4.78 is 1.60. The van der Waals surface area contributed by atoms with Crippen LogP contribution in [0.15, 0.2) is 24.5 Å². The first kappa shape index (κ1) is 11.2. The molecule has 6 heteroatoms. The lowest BCUT2D eigenvalue weighted by molar-refractivity contribution is 0.0655. The van der Waals surface area contributed by atoms with E-state index >= 15 is 0 Å². The molecule has 1 aliphatic rings. The largest absolute Gasteiger partial charge is 0.335 e. The SMILES string of the molecule is CN1CCN(C(=O)c2ccnc3ccnn23)CC1.